The van der Waals surface area contributed by atoms with Crippen molar-refractivity contribution < 1.29 is 4.79 Å². The zero-order valence-corrected chi connectivity index (χ0v) is 11.0. The summed E-state index contributed by atoms with van der Waals surface area (Å²) in [5, 5.41) is 2.87. The number of hydrogen-bond acceptors (Lipinski definition) is 3. The second kappa shape index (κ2) is 5.40. The van der Waals surface area contributed by atoms with E-state index in [9.17, 15) is 4.79 Å². The number of benzene rings is 1. The van der Waals surface area contributed by atoms with E-state index in [4.69, 9.17) is 5.73 Å². The van der Waals surface area contributed by atoms with Crippen LogP contribution in [0, 0.1) is 0 Å². The summed E-state index contributed by atoms with van der Waals surface area (Å²) in [6, 6.07) is 8.02. The highest BCUT2D eigenvalue weighted by atomic mass is 16.2. The van der Waals surface area contributed by atoms with E-state index in [0.29, 0.717) is 6.54 Å². The van der Waals surface area contributed by atoms with E-state index in [1.807, 2.05) is 32.0 Å². The van der Waals surface area contributed by atoms with Gasteiger partial charge in [-0.25, -0.2) is 0 Å². The minimum Gasteiger partial charge on any atom is -0.359 e. The van der Waals surface area contributed by atoms with Crippen LogP contribution in [0.4, 0.5) is 5.69 Å². The molecule has 2 unspecified atom stereocenters. The predicted octanol–water partition coefficient (Wildman–Crippen LogP) is 1.42. The quantitative estimate of drug-likeness (QED) is 0.849. The van der Waals surface area contributed by atoms with Gasteiger partial charge in [0, 0.05) is 24.8 Å². The van der Waals surface area contributed by atoms with Gasteiger partial charge < -0.3 is 16.0 Å². The molecule has 1 amide bonds. The molecule has 1 aliphatic rings. The van der Waals surface area contributed by atoms with Gasteiger partial charge in [-0.15, -0.1) is 0 Å². The molecule has 2 atom stereocenters. The molecule has 0 saturated carbocycles. The van der Waals surface area contributed by atoms with Crippen molar-refractivity contribution in [3.8, 4) is 0 Å². The van der Waals surface area contributed by atoms with Crippen LogP contribution in [-0.4, -0.2) is 25.0 Å². The zero-order valence-electron chi connectivity index (χ0n) is 11.0. The van der Waals surface area contributed by atoms with E-state index in [1.165, 1.54) is 0 Å². The summed E-state index contributed by atoms with van der Waals surface area (Å²) in [6.45, 7) is 5.37. The van der Waals surface area contributed by atoms with Crippen molar-refractivity contribution in [1.29, 1.82) is 0 Å². The van der Waals surface area contributed by atoms with Crippen molar-refractivity contribution >= 4 is 11.6 Å². The van der Waals surface area contributed by atoms with E-state index in [-0.39, 0.29) is 18.0 Å². The Hall–Kier alpha value is -1.55. The molecule has 0 saturated heterocycles. The lowest BCUT2D eigenvalue weighted by atomic mass is 9.96. The van der Waals surface area contributed by atoms with Gasteiger partial charge in [0.2, 0.25) is 5.91 Å². The molecule has 1 aromatic rings. The lowest BCUT2D eigenvalue weighted by molar-refractivity contribution is -0.122. The number of nitrogens with one attached hydrogen (secondary N) is 1. The Balaban J connectivity index is 2.25. The molecule has 4 heteroatoms. The van der Waals surface area contributed by atoms with E-state index < -0.39 is 0 Å². The number of hydrogen-bond donors (Lipinski definition) is 2. The second-order valence-electron chi connectivity index (χ2n) is 4.72. The highest BCUT2D eigenvalue weighted by Crippen LogP contribution is 2.33. The Labute approximate surface area is 108 Å². The van der Waals surface area contributed by atoms with Gasteiger partial charge in [-0.05, 0) is 31.9 Å². The maximum Gasteiger partial charge on any atom is 0.242 e. The fraction of sp³-hybridized carbons (Fsp3) is 0.500. The summed E-state index contributed by atoms with van der Waals surface area (Å²) in [6.07, 6.45) is 0.890. The van der Waals surface area contributed by atoms with Crippen molar-refractivity contribution in [3.05, 3.63) is 29.8 Å². The predicted molar refractivity (Wildman–Crippen MR) is 73.5 cm³/mol. The third-order valence-corrected chi connectivity index (χ3v) is 3.52. The Bertz CT molecular complexity index is 433. The summed E-state index contributed by atoms with van der Waals surface area (Å²) in [4.78, 5) is 14.1. The first kappa shape index (κ1) is 12.9. The average molecular weight is 247 g/mol. The van der Waals surface area contributed by atoms with Crippen LogP contribution >= 0.6 is 0 Å². The fourth-order valence-corrected chi connectivity index (χ4v) is 2.48. The minimum absolute atomic E-state index is 0.0720. The number of nitrogens with two attached hydrogens (primary N) is 1. The number of nitrogens with zero attached hydrogens (tertiary/aromatic N) is 1. The van der Waals surface area contributed by atoms with E-state index in [1.54, 1.807) is 0 Å². The molecule has 1 aliphatic heterocycles. The first-order chi connectivity index (χ1) is 8.65. The van der Waals surface area contributed by atoms with Crippen molar-refractivity contribution in [2.75, 3.05) is 18.0 Å². The van der Waals surface area contributed by atoms with Gasteiger partial charge in [0.05, 0.1) is 0 Å². The van der Waals surface area contributed by atoms with Crippen LogP contribution in [-0.2, 0) is 4.79 Å². The number of para-hydroxylation sites is 1. The molecule has 18 heavy (non-hydrogen) atoms. The molecular formula is C14H21N3O. The molecule has 0 bridgehead atoms. The number of carbonyl (C=O) groups is 1. The van der Waals surface area contributed by atoms with Crippen LogP contribution in [0.15, 0.2) is 24.3 Å². The normalized spacial score (nSPS) is 20.2. The van der Waals surface area contributed by atoms with Gasteiger partial charge in [-0.2, -0.15) is 0 Å². The average Bonchev–Trinajstić information content (AvgIpc) is 2.39. The lowest BCUT2D eigenvalue weighted by Crippen LogP contribution is -2.48. The first-order valence-electron chi connectivity index (χ1n) is 6.54. The molecule has 4 nitrogen and oxygen atoms in total. The third kappa shape index (κ3) is 2.34. The number of amides is 1. The molecule has 1 heterocycles. The lowest BCUT2D eigenvalue weighted by Gasteiger charge is -2.37. The fourth-order valence-electron chi connectivity index (χ4n) is 2.48. The molecule has 0 fully saturated rings. The molecule has 0 aromatic heterocycles. The second-order valence-corrected chi connectivity index (χ2v) is 4.72. The summed E-state index contributed by atoms with van der Waals surface area (Å²) in [5.74, 6) is 0.0720. The van der Waals surface area contributed by atoms with Crippen LogP contribution in [0.25, 0.3) is 0 Å². The van der Waals surface area contributed by atoms with E-state index >= 15 is 0 Å². The van der Waals surface area contributed by atoms with Gasteiger partial charge in [-0.3, -0.25) is 4.79 Å². The molecule has 2 rings (SSSR count). The molecule has 0 aliphatic carbocycles. The van der Waals surface area contributed by atoms with Crippen LogP contribution in [0.2, 0.25) is 0 Å². The third-order valence-electron chi connectivity index (χ3n) is 3.52. The molecular weight excluding hydrogens is 226 g/mol. The standard InChI is InChI=1S/C14H21N3O/c1-3-16-14(18)10(2)17-9-8-12(15)11-6-4-5-7-13(11)17/h4-7,10,12H,3,8-9,15H2,1-2H3,(H,16,18). The molecule has 98 valence electrons. The van der Waals surface area contributed by atoms with Crippen molar-refractivity contribution in [1.82, 2.24) is 5.32 Å². The minimum atomic E-state index is -0.154. The Morgan fingerprint density at radius 2 is 2.28 bits per heavy atom. The number of fused-ring (bicyclic) bond motifs is 1. The molecule has 1 aromatic carbocycles. The van der Waals surface area contributed by atoms with Gasteiger partial charge in [0.15, 0.2) is 0 Å². The molecule has 0 radical (unpaired) electrons. The Morgan fingerprint density at radius 1 is 1.56 bits per heavy atom. The van der Waals surface area contributed by atoms with Crippen molar-refractivity contribution in [2.24, 2.45) is 5.73 Å². The highest BCUT2D eigenvalue weighted by Gasteiger charge is 2.28. The summed E-state index contributed by atoms with van der Waals surface area (Å²) in [5.41, 5.74) is 8.35. The largest absolute Gasteiger partial charge is 0.359 e. The smallest absolute Gasteiger partial charge is 0.242 e. The van der Waals surface area contributed by atoms with Crippen LogP contribution in [0.5, 0.6) is 0 Å². The monoisotopic (exact) mass is 247 g/mol. The summed E-state index contributed by atoms with van der Waals surface area (Å²) < 4.78 is 0. The number of carbonyl (C=O) groups excluding carboxylic acids is 1. The summed E-state index contributed by atoms with van der Waals surface area (Å²) >= 11 is 0. The molecule has 0 spiro atoms. The van der Waals surface area contributed by atoms with E-state index in [2.05, 4.69) is 16.3 Å². The zero-order chi connectivity index (χ0) is 13.1. The number of anilines is 1. The van der Waals surface area contributed by atoms with Crippen molar-refractivity contribution in [3.63, 3.8) is 0 Å². The van der Waals surface area contributed by atoms with Gasteiger partial charge in [0.25, 0.3) is 0 Å². The Kier molecular flexibility index (Phi) is 3.87. The maximum absolute atomic E-state index is 11.9. The van der Waals surface area contributed by atoms with Gasteiger partial charge in [-0.1, -0.05) is 18.2 Å². The topological polar surface area (TPSA) is 58.4 Å². The molecule has 3 N–H and O–H groups in total. The van der Waals surface area contributed by atoms with Crippen LogP contribution in [0.3, 0.4) is 0 Å². The van der Waals surface area contributed by atoms with Crippen LogP contribution < -0.4 is 16.0 Å². The van der Waals surface area contributed by atoms with E-state index in [0.717, 1.165) is 24.2 Å². The van der Waals surface area contributed by atoms with Gasteiger partial charge in [0.1, 0.15) is 6.04 Å². The number of rotatable bonds is 3. The summed E-state index contributed by atoms with van der Waals surface area (Å²) in [7, 11) is 0. The van der Waals surface area contributed by atoms with Crippen LogP contribution in [0.1, 0.15) is 31.9 Å². The SMILES string of the molecule is CCNC(=O)C(C)N1CCC(N)c2ccccc21. The van der Waals surface area contributed by atoms with Gasteiger partial charge >= 0.3 is 0 Å². The Morgan fingerprint density at radius 3 is 3.00 bits per heavy atom. The number of likely N-dealkylation sites (N-methyl/N-ethyl adjacent to an activating group) is 1. The maximum atomic E-state index is 11.9. The first-order valence-corrected chi connectivity index (χ1v) is 6.54. The highest BCUT2D eigenvalue weighted by molar-refractivity contribution is 5.85. The van der Waals surface area contributed by atoms with Crippen molar-refractivity contribution in [2.45, 2.75) is 32.4 Å².